The lowest BCUT2D eigenvalue weighted by Crippen LogP contribution is -2.15. The Balaban J connectivity index is 1.60. The van der Waals surface area contributed by atoms with E-state index in [1.54, 1.807) is 0 Å². The Bertz CT molecular complexity index is 466. The topological polar surface area (TPSA) is 38.3 Å². The maximum absolute atomic E-state index is 11.9. The van der Waals surface area contributed by atoms with Crippen molar-refractivity contribution >= 4 is 11.6 Å². The lowest BCUT2D eigenvalue weighted by Gasteiger charge is -2.14. The highest BCUT2D eigenvalue weighted by Crippen LogP contribution is 2.38. The van der Waals surface area contributed by atoms with Gasteiger partial charge in [0.25, 0.3) is 0 Å². The molecule has 2 fully saturated rings. The minimum Gasteiger partial charge on any atom is -0.490 e. The second kappa shape index (κ2) is 5.24. The number of anilines is 1. The smallest absolute Gasteiger partial charge is 0.227 e. The van der Waals surface area contributed by atoms with Gasteiger partial charge in [-0.1, -0.05) is 13.0 Å². The van der Waals surface area contributed by atoms with Crippen molar-refractivity contribution in [1.82, 2.24) is 0 Å². The summed E-state index contributed by atoms with van der Waals surface area (Å²) in [5, 5.41) is 2.98. The van der Waals surface area contributed by atoms with E-state index in [1.807, 2.05) is 24.3 Å². The molecular weight excluding hydrogens is 238 g/mol. The predicted molar refractivity (Wildman–Crippen MR) is 75.2 cm³/mol. The average molecular weight is 259 g/mol. The lowest BCUT2D eigenvalue weighted by molar-refractivity contribution is -0.117. The van der Waals surface area contributed by atoms with Crippen molar-refractivity contribution in [1.29, 1.82) is 0 Å². The number of amides is 1. The molecule has 0 aliphatic heterocycles. The van der Waals surface area contributed by atoms with Crippen molar-refractivity contribution in [2.24, 2.45) is 11.8 Å². The van der Waals surface area contributed by atoms with Crippen molar-refractivity contribution in [3.05, 3.63) is 24.3 Å². The first-order chi connectivity index (χ1) is 9.22. The normalized spacial score (nSPS) is 26.2. The summed E-state index contributed by atoms with van der Waals surface area (Å²) in [5.74, 6) is 1.76. The molecule has 2 aliphatic rings. The molecular formula is C16H21NO2. The number of nitrogens with one attached hydrogen (secondary N) is 1. The molecule has 0 spiro atoms. The lowest BCUT2D eigenvalue weighted by atomic mass is 10.2. The number of hydrogen-bond acceptors (Lipinski definition) is 2. The first kappa shape index (κ1) is 12.5. The van der Waals surface area contributed by atoms with Crippen LogP contribution in [0.1, 0.15) is 39.0 Å². The van der Waals surface area contributed by atoms with Gasteiger partial charge >= 0.3 is 0 Å². The van der Waals surface area contributed by atoms with E-state index in [1.165, 1.54) is 12.8 Å². The Hall–Kier alpha value is -1.51. The zero-order valence-electron chi connectivity index (χ0n) is 11.4. The van der Waals surface area contributed by atoms with Crippen molar-refractivity contribution < 1.29 is 9.53 Å². The van der Waals surface area contributed by atoms with Crippen LogP contribution in [0.25, 0.3) is 0 Å². The Morgan fingerprint density at radius 2 is 2.05 bits per heavy atom. The van der Waals surface area contributed by atoms with Crippen molar-refractivity contribution in [2.45, 2.75) is 45.1 Å². The third-order valence-electron chi connectivity index (χ3n) is 4.15. The standard InChI is InChI=1S/C16H21NO2/c1-11-9-15(11)16(18)17-12-5-4-8-14(10-12)19-13-6-2-3-7-13/h4-5,8,10-11,13,15H,2-3,6-7,9H2,1H3,(H,17,18). The van der Waals surface area contributed by atoms with Gasteiger partial charge in [0.05, 0.1) is 6.10 Å². The van der Waals surface area contributed by atoms with Crippen LogP contribution in [-0.4, -0.2) is 12.0 Å². The number of benzene rings is 1. The van der Waals surface area contributed by atoms with Crippen LogP contribution in [0.4, 0.5) is 5.69 Å². The molecule has 2 atom stereocenters. The summed E-state index contributed by atoms with van der Waals surface area (Å²) in [5.41, 5.74) is 0.847. The van der Waals surface area contributed by atoms with Crippen molar-refractivity contribution in [2.75, 3.05) is 5.32 Å². The third kappa shape index (κ3) is 3.09. The Labute approximate surface area is 114 Å². The molecule has 102 valence electrons. The van der Waals surface area contributed by atoms with Gasteiger partial charge in [-0.25, -0.2) is 0 Å². The molecule has 0 heterocycles. The fraction of sp³-hybridized carbons (Fsp3) is 0.562. The fourth-order valence-electron chi connectivity index (χ4n) is 2.77. The van der Waals surface area contributed by atoms with Crippen LogP contribution in [0.3, 0.4) is 0 Å². The molecule has 1 aromatic carbocycles. The molecule has 1 amide bonds. The summed E-state index contributed by atoms with van der Waals surface area (Å²) in [4.78, 5) is 11.9. The fourth-order valence-corrected chi connectivity index (χ4v) is 2.77. The van der Waals surface area contributed by atoms with E-state index in [0.717, 1.165) is 30.7 Å². The Morgan fingerprint density at radius 1 is 1.32 bits per heavy atom. The van der Waals surface area contributed by atoms with Gasteiger partial charge in [0.1, 0.15) is 5.75 Å². The molecule has 19 heavy (non-hydrogen) atoms. The van der Waals surface area contributed by atoms with Gasteiger partial charge < -0.3 is 10.1 Å². The summed E-state index contributed by atoms with van der Waals surface area (Å²) in [6.45, 7) is 2.11. The van der Waals surface area contributed by atoms with Gasteiger partial charge in [0, 0.05) is 17.7 Å². The number of hydrogen-bond donors (Lipinski definition) is 1. The molecule has 2 unspecified atom stereocenters. The zero-order chi connectivity index (χ0) is 13.2. The van der Waals surface area contributed by atoms with E-state index >= 15 is 0 Å². The van der Waals surface area contributed by atoms with Gasteiger partial charge in [-0.05, 0) is 50.2 Å². The first-order valence-corrected chi connectivity index (χ1v) is 7.30. The molecule has 2 aliphatic carbocycles. The number of carbonyl (C=O) groups excluding carboxylic acids is 1. The van der Waals surface area contributed by atoms with Crippen molar-refractivity contribution in [3.63, 3.8) is 0 Å². The van der Waals surface area contributed by atoms with Gasteiger partial charge in [0.2, 0.25) is 5.91 Å². The zero-order valence-corrected chi connectivity index (χ0v) is 11.4. The Morgan fingerprint density at radius 3 is 2.74 bits per heavy atom. The van der Waals surface area contributed by atoms with E-state index < -0.39 is 0 Å². The largest absolute Gasteiger partial charge is 0.490 e. The van der Waals surface area contributed by atoms with Crippen LogP contribution >= 0.6 is 0 Å². The van der Waals surface area contributed by atoms with Gasteiger partial charge in [0.15, 0.2) is 0 Å². The molecule has 3 rings (SSSR count). The molecule has 1 N–H and O–H groups in total. The average Bonchev–Trinajstić information content (AvgIpc) is 2.90. The minimum absolute atomic E-state index is 0.144. The van der Waals surface area contributed by atoms with Crippen LogP contribution in [0.15, 0.2) is 24.3 Å². The highest BCUT2D eigenvalue weighted by molar-refractivity contribution is 5.94. The van der Waals surface area contributed by atoms with E-state index in [9.17, 15) is 4.79 Å². The maximum atomic E-state index is 11.9. The molecule has 0 bridgehead atoms. The van der Waals surface area contributed by atoms with E-state index in [2.05, 4.69) is 12.2 Å². The molecule has 2 saturated carbocycles. The summed E-state index contributed by atoms with van der Waals surface area (Å²) in [6.07, 6.45) is 6.20. The minimum atomic E-state index is 0.144. The van der Waals surface area contributed by atoms with Crippen LogP contribution in [0.5, 0.6) is 5.75 Å². The summed E-state index contributed by atoms with van der Waals surface area (Å²) < 4.78 is 5.94. The van der Waals surface area contributed by atoms with E-state index in [-0.39, 0.29) is 11.8 Å². The first-order valence-electron chi connectivity index (χ1n) is 7.30. The highest BCUT2D eigenvalue weighted by atomic mass is 16.5. The predicted octanol–water partition coefficient (Wildman–Crippen LogP) is 3.60. The monoisotopic (exact) mass is 259 g/mol. The molecule has 3 nitrogen and oxygen atoms in total. The van der Waals surface area contributed by atoms with E-state index in [0.29, 0.717) is 12.0 Å². The Kier molecular flexibility index (Phi) is 3.45. The second-order valence-corrected chi connectivity index (χ2v) is 5.86. The quantitative estimate of drug-likeness (QED) is 0.897. The van der Waals surface area contributed by atoms with Gasteiger partial charge in [-0.2, -0.15) is 0 Å². The number of rotatable bonds is 4. The summed E-state index contributed by atoms with van der Waals surface area (Å²) >= 11 is 0. The highest BCUT2D eigenvalue weighted by Gasteiger charge is 2.39. The summed E-state index contributed by atoms with van der Waals surface area (Å²) in [7, 11) is 0. The molecule has 1 aromatic rings. The second-order valence-electron chi connectivity index (χ2n) is 5.86. The number of carbonyl (C=O) groups is 1. The molecule has 0 saturated heterocycles. The van der Waals surface area contributed by atoms with Gasteiger partial charge in [-0.15, -0.1) is 0 Å². The molecule has 0 radical (unpaired) electrons. The number of ether oxygens (including phenoxy) is 1. The molecule has 3 heteroatoms. The SMILES string of the molecule is CC1CC1C(=O)Nc1cccc(OC2CCCC2)c1. The van der Waals surface area contributed by atoms with Gasteiger partial charge in [-0.3, -0.25) is 4.79 Å². The molecule has 0 aromatic heterocycles. The summed E-state index contributed by atoms with van der Waals surface area (Å²) in [6, 6.07) is 7.76. The van der Waals surface area contributed by atoms with Crippen LogP contribution in [-0.2, 0) is 4.79 Å². The van der Waals surface area contributed by atoms with E-state index in [4.69, 9.17) is 4.74 Å². The van der Waals surface area contributed by atoms with Crippen LogP contribution < -0.4 is 10.1 Å². The van der Waals surface area contributed by atoms with Crippen LogP contribution in [0.2, 0.25) is 0 Å². The van der Waals surface area contributed by atoms with Crippen LogP contribution in [0, 0.1) is 11.8 Å². The van der Waals surface area contributed by atoms with Crippen molar-refractivity contribution in [3.8, 4) is 5.75 Å². The third-order valence-corrected chi connectivity index (χ3v) is 4.15. The maximum Gasteiger partial charge on any atom is 0.227 e.